The van der Waals surface area contributed by atoms with Crippen molar-refractivity contribution in [3.8, 4) is 17.1 Å². The molecule has 2 N–H and O–H groups in total. The van der Waals surface area contributed by atoms with Gasteiger partial charge in [0.2, 0.25) is 11.6 Å². The minimum Gasteiger partial charge on any atom is -0.507 e. The maximum atomic E-state index is 12.8. The second-order valence-electron chi connectivity index (χ2n) is 6.19. The van der Waals surface area contributed by atoms with E-state index in [1.54, 1.807) is 30.3 Å². The second-order valence-corrected chi connectivity index (χ2v) is 6.19. The molecule has 1 aromatic heterocycles. The summed E-state index contributed by atoms with van der Waals surface area (Å²) in [6.07, 6.45) is 0. The van der Waals surface area contributed by atoms with E-state index < -0.39 is 0 Å². The van der Waals surface area contributed by atoms with E-state index in [-0.39, 0.29) is 28.7 Å². The molecule has 1 aliphatic rings. The number of ketones is 2. The van der Waals surface area contributed by atoms with Crippen molar-refractivity contribution in [1.29, 1.82) is 0 Å². The highest BCUT2D eigenvalue weighted by Gasteiger charge is 2.33. The number of imidazole rings is 1. The summed E-state index contributed by atoms with van der Waals surface area (Å²) in [5.41, 5.74) is 1.45. The minimum absolute atomic E-state index is 0.0345. The molecule has 0 saturated heterocycles. The Morgan fingerprint density at radius 2 is 1.50 bits per heavy atom. The predicted molar refractivity (Wildman–Crippen MR) is 96.5 cm³/mol. The molecule has 0 radical (unpaired) electrons. The summed E-state index contributed by atoms with van der Waals surface area (Å²) in [5.74, 6) is -0.225. The Kier molecular flexibility index (Phi) is 2.88. The first kappa shape index (κ1) is 14.6. The maximum Gasteiger partial charge on any atom is 0.214 e. The molecule has 26 heavy (non-hydrogen) atoms. The van der Waals surface area contributed by atoms with Crippen LogP contribution >= 0.6 is 0 Å². The predicted octanol–water partition coefficient (Wildman–Crippen LogP) is 3.71. The number of rotatable bonds is 1. The van der Waals surface area contributed by atoms with Gasteiger partial charge in [-0.15, -0.1) is 0 Å². The average Bonchev–Trinajstić information content (AvgIpc) is 3.11. The number of nitrogens with zero attached hydrogens (tertiary/aromatic N) is 1. The molecule has 0 bridgehead atoms. The quantitative estimate of drug-likeness (QED) is 0.487. The van der Waals surface area contributed by atoms with Crippen molar-refractivity contribution in [1.82, 2.24) is 9.97 Å². The Morgan fingerprint density at radius 1 is 0.808 bits per heavy atom. The molecule has 124 valence electrons. The largest absolute Gasteiger partial charge is 0.507 e. The molecule has 0 spiro atoms. The Morgan fingerprint density at radius 3 is 2.31 bits per heavy atom. The van der Waals surface area contributed by atoms with Gasteiger partial charge in [-0.1, -0.05) is 54.6 Å². The fourth-order valence-electron chi connectivity index (χ4n) is 3.47. The Balaban J connectivity index is 1.78. The molecule has 5 heteroatoms. The number of aromatic hydroxyl groups is 1. The van der Waals surface area contributed by atoms with Crippen LogP contribution in [0.25, 0.3) is 22.2 Å². The third-order valence-corrected chi connectivity index (χ3v) is 4.71. The highest BCUT2D eigenvalue weighted by Crippen LogP contribution is 2.36. The van der Waals surface area contributed by atoms with Crippen LogP contribution in [-0.4, -0.2) is 26.6 Å². The Hall–Kier alpha value is -3.73. The van der Waals surface area contributed by atoms with E-state index in [1.165, 1.54) is 0 Å². The molecule has 0 atom stereocenters. The summed E-state index contributed by atoms with van der Waals surface area (Å²) >= 11 is 0. The summed E-state index contributed by atoms with van der Waals surface area (Å²) in [4.78, 5) is 32.8. The first-order valence-corrected chi connectivity index (χ1v) is 8.14. The minimum atomic E-state index is -0.294. The first-order chi connectivity index (χ1) is 12.6. The van der Waals surface area contributed by atoms with Crippen LogP contribution in [0.1, 0.15) is 32.1 Å². The fraction of sp³-hybridized carbons (Fsp3) is 0. The van der Waals surface area contributed by atoms with Crippen molar-refractivity contribution in [3.05, 3.63) is 83.2 Å². The summed E-state index contributed by atoms with van der Waals surface area (Å²) < 4.78 is 0. The van der Waals surface area contributed by atoms with E-state index in [4.69, 9.17) is 0 Å². The summed E-state index contributed by atoms with van der Waals surface area (Å²) in [7, 11) is 0. The molecule has 1 heterocycles. The SMILES string of the molecule is O=C1c2ccccc2C(=O)c2[nH]c(-c3c(O)ccc4ccccc34)nc21. The van der Waals surface area contributed by atoms with Crippen LogP contribution in [0.3, 0.4) is 0 Å². The number of carbonyl (C=O) groups excluding carboxylic acids is 2. The monoisotopic (exact) mass is 340 g/mol. The second kappa shape index (κ2) is 5.13. The fourth-order valence-corrected chi connectivity index (χ4v) is 3.47. The van der Waals surface area contributed by atoms with Crippen LogP contribution in [0.4, 0.5) is 0 Å². The van der Waals surface area contributed by atoms with Crippen molar-refractivity contribution in [2.45, 2.75) is 0 Å². The Labute approximate surface area is 147 Å². The molecular weight excluding hydrogens is 328 g/mol. The highest BCUT2D eigenvalue weighted by molar-refractivity contribution is 6.27. The lowest BCUT2D eigenvalue weighted by Crippen LogP contribution is -2.20. The van der Waals surface area contributed by atoms with Crippen molar-refractivity contribution in [3.63, 3.8) is 0 Å². The lowest BCUT2D eigenvalue weighted by atomic mass is 9.90. The molecule has 0 aliphatic heterocycles. The van der Waals surface area contributed by atoms with E-state index in [0.717, 1.165) is 10.8 Å². The number of hydrogen-bond donors (Lipinski definition) is 2. The van der Waals surface area contributed by atoms with Crippen LogP contribution in [0.15, 0.2) is 60.7 Å². The number of nitrogens with one attached hydrogen (secondary N) is 1. The van der Waals surface area contributed by atoms with E-state index in [9.17, 15) is 14.7 Å². The highest BCUT2D eigenvalue weighted by atomic mass is 16.3. The zero-order chi connectivity index (χ0) is 17.8. The Bertz CT molecular complexity index is 1180. The zero-order valence-corrected chi connectivity index (χ0v) is 13.5. The molecule has 5 rings (SSSR count). The molecule has 0 amide bonds. The number of aromatic amines is 1. The number of hydrogen-bond acceptors (Lipinski definition) is 4. The third-order valence-electron chi connectivity index (χ3n) is 4.71. The van der Waals surface area contributed by atoms with Crippen LogP contribution in [-0.2, 0) is 0 Å². The molecule has 5 nitrogen and oxygen atoms in total. The van der Waals surface area contributed by atoms with Crippen molar-refractivity contribution >= 4 is 22.3 Å². The van der Waals surface area contributed by atoms with E-state index in [0.29, 0.717) is 22.5 Å². The van der Waals surface area contributed by atoms with Gasteiger partial charge in [-0.3, -0.25) is 9.59 Å². The van der Waals surface area contributed by atoms with Crippen molar-refractivity contribution in [2.75, 3.05) is 0 Å². The first-order valence-electron chi connectivity index (χ1n) is 8.14. The molecular formula is C21H12N2O3. The molecule has 0 unspecified atom stereocenters. The van der Waals surface area contributed by atoms with Gasteiger partial charge in [0.05, 0.1) is 5.56 Å². The van der Waals surface area contributed by atoms with Crippen LogP contribution < -0.4 is 0 Å². The molecule has 3 aromatic carbocycles. The van der Waals surface area contributed by atoms with Gasteiger partial charge in [0.1, 0.15) is 23.0 Å². The number of benzene rings is 3. The van der Waals surface area contributed by atoms with Crippen LogP contribution in [0.2, 0.25) is 0 Å². The number of phenolic OH excluding ortho intramolecular Hbond substituents is 1. The third kappa shape index (κ3) is 1.88. The lowest BCUT2D eigenvalue weighted by molar-refractivity contribution is 0.0974. The number of carbonyl (C=O) groups is 2. The van der Waals surface area contributed by atoms with Gasteiger partial charge in [0.15, 0.2) is 0 Å². The molecule has 0 fully saturated rings. The van der Waals surface area contributed by atoms with Crippen LogP contribution in [0, 0.1) is 0 Å². The van der Waals surface area contributed by atoms with E-state index in [2.05, 4.69) is 9.97 Å². The number of phenols is 1. The van der Waals surface area contributed by atoms with E-state index >= 15 is 0 Å². The smallest absolute Gasteiger partial charge is 0.214 e. The van der Waals surface area contributed by atoms with Gasteiger partial charge in [0.25, 0.3) is 0 Å². The topological polar surface area (TPSA) is 83.0 Å². The normalized spacial score (nSPS) is 12.9. The molecule has 1 aliphatic carbocycles. The van der Waals surface area contributed by atoms with Crippen molar-refractivity contribution < 1.29 is 14.7 Å². The molecule has 4 aromatic rings. The van der Waals surface area contributed by atoms with Gasteiger partial charge in [-0.05, 0) is 16.8 Å². The van der Waals surface area contributed by atoms with Crippen LogP contribution in [0.5, 0.6) is 5.75 Å². The lowest BCUT2D eigenvalue weighted by Gasteiger charge is -2.11. The summed E-state index contributed by atoms with van der Waals surface area (Å²) in [6.45, 7) is 0. The van der Waals surface area contributed by atoms with Gasteiger partial charge in [0, 0.05) is 11.1 Å². The van der Waals surface area contributed by atoms with Gasteiger partial charge >= 0.3 is 0 Å². The van der Waals surface area contributed by atoms with Gasteiger partial charge in [-0.2, -0.15) is 0 Å². The van der Waals surface area contributed by atoms with Crippen molar-refractivity contribution in [2.24, 2.45) is 0 Å². The summed E-state index contributed by atoms with van der Waals surface area (Å²) in [6, 6.07) is 17.6. The van der Waals surface area contributed by atoms with Gasteiger partial charge in [-0.25, -0.2) is 4.98 Å². The zero-order valence-electron chi connectivity index (χ0n) is 13.5. The number of H-pyrrole nitrogens is 1. The number of aromatic nitrogens is 2. The summed E-state index contributed by atoms with van der Waals surface area (Å²) in [5, 5.41) is 12.1. The number of fused-ring (bicyclic) bond motifs is 3. The maximum absolute atomic E-state index is 12.8. The molecule has 0 saturated carbocycles. The van der Waals surface area contributed by atoms with Gasteiger partial charge < -0.3 is 10.1 Å². The standard InChI is InChI=1S/C21H12N2O3/c24-15-10-9-11-5-1-2-6-12(11)16(15)21-22-17-18(23-21)20(26)14-8-4-3-7-13(14)19(17)25/h1-10,24H,(H,22,23). The average molecular weight is 340 g/mol. The van der Waals surface area contributed by atoms with E-state index in [1.807, 2.05) is 30.3 Å².